The Morgan fingerprint density at radius 2 is 2.12 bits per heavy atom. The molecule has 0 saturated carbocycles. The second-order valence-corrected chi connectivity index (χ2v) is 4.15. The highest BCUT2D eigenvalue weighted by molar-refractivity contribution is 6.20. The van der Waals surface area contributed by atoms with E-state index in [1.807, 2.05) is 31.2 Å². The summed E-state index contributed by atoms with van der Waals surface area (Å²) in [4.78, 5) is 0. The SMILES string of the molecule is CCOc1ccccc1-c1nnc(C(C)Cl)o1. The molecule has 0 aliphatic heterocycles. The smallest absolute Gasteiger partial charge is 0.251 e. The zero-order valence-electron chi connectivity index (χ0n) is 9.68. The van der Waals surface area contributed by atoms with Crippen LogP contribution < -0.4 is 4.74 Å². The molecule has 0 bridgehead atoms. The molecule has 0 spiro atoms. The molecule has 1 heterocycles. The largest absolute Gasteiger partial charge is 0.493 e. The number of halogens is 1. The normalized spacial score (nSPS) is 12.4. The number of aromatic nitrogens is 2. The van der Waals surface area contributed by atoms with Crippen LogP contribution in [0.25, 0.3) is 11.5 Å². The van der Waals surface area contributed by atoms with E-state index in [9.17, 15) is 0 Å². The standard InChI is InChI=1S/C12H13ClN2O2/c1-3-16-10-7-5-4-6-9(10)12-15-14-11(17-12)8(2)13/h4-8H,3H2,1-2H3. The van der Waals surface area contributed by atoms with Gasteiger partial charge in [0.15, 0.2) is 0 Å². The Balaban J connectivity index is 2.38. The molecule has 2 rings (SSSR count). The number of ether oxygens (including phenoxy) is 1. The number of benzene rings is 1. The molecule has 0 radical (unpaired) electrons. The van der Waals surface area contributed by atoms with Crippen LogP contribution >= 0.6 is 11.6 Å². The van der Waals surface area contributed by atoms with Crippen molar-refractivity contribution in [3.8, 4) is 17.2 Å². The molecule has 1 unspecified atom stereocenters. The van der Waals surface area contributed by atoms with Gasteiger partial charge in [-0.15, -0.1) is 21.8 Å². The number of nitrogens with zero attached hydrogens (tertiary/aromatic N) is 2. The summed E-state index contributed by atoms with van der Waals surface area (Å²) in [5.41, 5.74) is 0.783. The van der Waals surface area contributed by atoms with Crippen molar-refractivity contribution in [3.05, 3.63) is 30.2 Å². The Morgan fingerprint density at radius 3 is 2.76 bits per heavy atom. The quantitative estimate of drug-likeness (QED) is 0.782. The minimum Gasteiger partial charge on any atom is -0.493 e. The third kappa shape index (κ3) is 2.58. The van der Waals surface area contributed by atoms with E-state index in [-0.39, 0.29) is 5.38 Å². The summed E-state index contributed by atoms with van der Waals surface area (Å²) in [6, 6.07) is 7.54. The molecule has 2 aromatic rings. The Labute approximate surface area is 105 Å². The lowest BCUT2D eigenvalue weighted by Gasteiger charge is -2.06. The maximum Gasteiger partial charge on any atom is 0.251 e. The van der Waals surface area contributed by atoms with E-state index in [2.05, 4.69) is 10.2 Å². The summed E-state index contributed by atoms with van der Waals surface area (Å²) in [5, 5.41) is 7.56. The molecule has 0 amide bonds. The molecule has 1 aromatic carbocycles. The van der Waals surface area contributed by atoms with E-state index < -0.39 is 0 Å². The van der Waals surface area contributed by atoms with Crippen molar-refractivity contribution in [1.29, 1.82) is 0 Å². The molecular formula is C12H13ClN2O2. The maximum atomic E-state index is 5.88. The van der Waals surface area contributed by atoms with Gasteiger partial charge < -0.3 is 9.15 Å². The molecular weight excluding hydrogens is 240 g/mol. The van der Waals surface area contributed by atoms with Crippen LogP contribution in [0.5, 0.6) is 5.75 Å². The lowest BCUT2D eigenvalue weighted by molar-refractivity contribution is 0.340. The topological polar surface area (TPSA) is 48.2 Å². The van der Waals surface area contributed by atoms with E-state index in [1.54, 1.807) is 6.92 Å². The van der Waals surface area contributed by atoms with Crippen molar-refractivity contribution >= 4 is 11.6 Å². The van der Waals surface area contributed by atoms with Crippen LogP contribution in [0, 0.1) is 0 Å². The number of hydrogen-bond acceptors (Lipinski definition) is 4. The molecule has 1 atom stereocenters. The summed E-state index contributed by atoms with van der Waals surface area (Å²) >= 11 is 5.88. The van der Waals surface area contributed by atoms with Crippen molar-refractivity contribution in [2.24, 2.45) is 0 Å². The monoisotopic (exact) mass is 252 g/mol. The predicted octanol–water partition coefficient (Wildman–Crippen LogP) is 3.44. The third-order valence-electron chi connectivity index (χ3n) is 2.20. The molecule has 0 saturated heterocycles. The maximum absolute atomic E-state index is 5.88. The molecule has 4 nitrogen and oxygen atoms in total. The molecule has 0 N–H and O–H groups in total. The fourth-order valence-electron chi connectivity index (χ4n) is 1.43. The highest BCUT2D eigenvalue weighted by Gasteiger charge is 2.15. The van der Waals surface area contributed by atoms with Gasteiger partial charge in [0.2, 0.25) is 5.89 Å². The summed E-state index contributed by atoms with van der Waals surface area (Å²) in [7, 11) is 0. The molecule has 5 heteroatoms. The second kappa shape index (κ2) is 5.19. The molecule has 1 aromatic heterocycles. The summed E-state index contributed by atoms with van der Waals surface area (Å²) in [5.74, 6) is 1.57. The Morgan fingerprint density at radius 1 is 1.35 bits per heavy atom. The van der Waals surface area contributed by atoms with Gasteiger partial charge in [-0.3, -0.25) is 0 Å². The first-order valence-corrected chi connectivity index (χ1v) is 5.85. The van der Waals surface area contributed by atoms with Gasteiger partial charge in [0, 0.05) is 0 Å². The fraction of sp³-hybridized carbons (Fsp3) is 0.333. The first-order chi connectivity index (χ1) is 8.22. The lowest BCUT2D eigenvalue weighted by Crippen LogP contribution is -1.93. The lowest BCUT2D eigenvalue weighted by atomic mass is 10.2. The minimum absolute atomic E-state index is 0.296. The van der Waals surface area contributed by atoms with Crippen LogP contribution in [0.2, 0.25) is 0 Å². The van der Waals surface area contributed by atoms with Gasteiger partial charge in [-0.2, -0.15) is 0 Å². The van der Waals surface area contributed by atoms with Gasteiger partial charge in [0.1, 0.15) is 11.1 Å². The first kappa shape index (κ1) is 11.9. The minimum atomic E-state index is -0.296. The van der Waals surface area contributed by atoms with Crippen molar-refractivity contribution in [2.75, 3.05) is 6.61 Å². The zero-order valence-corrected chi connectivity index (χ0v) is 10.4. The number of alkyl halides is 1. The fourth-order valence-corrected chi connectivity index (χ4v) is 1.52. The van der Waals surface area contributed by atoms with E-state index in [1.165, 1.54) is 0 Å². The first-order valence-electron chi connectivity index (χ1n) is 5.42. The molecule has 0 aliphatic rings. The zero-order chi connectivity index (χ0) is 12.3. The van der Waals surface area contributed by atoms with Crippen LogP contribution in [0.15, 0.2) is 28.7 Å². The summed E-state index contributed by atoms with van der Waals surface area (Å²) in [6.45, 7) is 4.30. The van der Waals surface area contributed by atoms with E-state index in [0.29, 0.717) is 18.4 Å². The van der Waals surface area contributed by atoms with Crippen molar-refractivity contribution in [3.63, 3.8) is 0 Å². The van der Waals surface area contributed by atoms with E-state index in [0.717, 1.165) is 11.3 Å². The van der Waals surface area contributed by atoms with E-state index in [4.69, 9.17) is 20.8 Å². The Kier molecular flexibility index (Phi) is 3.64. The number of para-hydroxylation sites is 1. The highest BCUT2D eigenvalue weighted by Crippen LogP contribution is 2.30. The molecule has 0 aliphatic carbocycles. The highest BCUT2D eigenvalue weighted by atomic mass is 35.5. The van der Waals surface area contributed by atoms with Gasteiger partial charge in [0.05, 0.1) is 12.2 Å². The van der Waals surface area contributed by atoms with Crippen LogP contribution in [-0.4, -0.2) is 16.8 Å². The molecule has 17 heavy (non-hydrogen) atoms. The Bertz CT molecular complexity index is 497. The van der Waals surface area contributed by atoms with E-state index >= 15 is 0 Å². The molecule has 0 fully saturated rings. The second-order valence-electron chi connectivity index (χ2n) is 3.49. The van der Waals surface area contributed by atoms with Gasteiger partial charge in [-0.05, 0) is 26.0 Å². The number of rotatable bonds is 4. The van der Waals surface area contributed by atoms with Gasteiger partial charge in [-0.1, -0.05) is 12.1 Å². The van der Waals surface area contributed by atoms with Crippen LogP contribution in [0.1, 0.15) is 25.1 Å². The summed E-state index contributed by atoms with van der Waals surface area (Å²) in [6.07, 6.45) is 0. The molecule has 90 valence electrons. The average Bonchev–Trinajstić information content (AvgIpc) is 2.79. The van der Waals surface area contributed by atoms with Crippen molar-refractivity contribution in [2.45, 2.75) is 19.2 Å². The number of hydrogen-bond donors (Lipinski definition) is 0. The van der Waals surface area contributed by atoms with Crippen molar-refractivity contribution in [1.82, 2.24) is 10.2 Å². The third-order valence-corrected chi connectivity index (χ3v) is 2.38. The van der Waals surface area contributed by atoms with Gasteiger partial charge in [0.25, 0.3) is 5.89 Å². The summed E-state index contributed by atoms with van der Waals surface area (Å²) < 4.78 is 11.0. The van der Waals surface area contributed by atoms with Gasteiger partial charge >= 0.3 is 0 Å². The predicted molar refractivity (Wildman–Crippen MR) is 65.2 cm³/mol. The van der Waals surface area contributed by atoms with Crippen LogP contribution in [-0.2, 0) is 0 Å². The Hall–Kier alpha value is -1.55. The average molecular weight is 253 g/mol. The van der Waals surface area contributed by atoms with Gasteiger partial charge in [-0.25, -0.2) is 0 Å². The van der Waals surface area contributed by atoms with Crippen LogP contribution in [0.4, 0.5) is 0 Å². The van der Waals surface area contributed by atoms with Crippen LogP contribution in [0.3, 0.4) is 0 Å². The van der Waals surface area contributed by atoms with Crippen molar-refractivity contribution < 1.29 is 9.15 Å².